The van der Waals surface area contributed by atoms with E-state index >= 15 is 0 Å². The maximum Gasteiger partial charge on any atom is 0.254 e. The summed E-state index contributed by atoms with van der Waals surface area (Å²) in [7, 11) is 0. The van der Waals surface area contributed by atoms with Crippen LogP contribution in [0.4, 0.5) is 0 Å². The Kier molecular flexibility index (Phi) is 10.3. The second kappa shape index (κ2) is 12.0. The van der Waals surface area contributed by atoms with Crippen molar-refractivity contribution < 1.29 is 4.79 Å². The summed E-state index contributed by atoms with van der Waals surface area (Å²) in [5.74, 6) is 2.17. The zero-order chi connectivity index (χ0) is 17.2. The fourth-order valence-electron chi connectivity index (χ4n) is 2.48. The summed E-state index contributed by atoms with van der Waals surface area (Å²) in [5.41, 5.74) is 8.78. The summed E-state index contributed by atoms with van der Waals surface area (Å²) < 4.78 is 0. The van der Waals surface area contributed by atoms with Crippen molar-refractivity contribution in [3.8, 4) is 0 Å². The molecule has 0 spiro atoms. The molecule has 136 valence electrons. The fraction of sp³-hybridized carbons (Fsp3) is 0.350. The molecule has 0 aliphatic carbocycles. The number of thioether (sulfide) groups is 1. The number of amides is 1. The second-order valence-corrected chi connectivity index (χ2v) is 6.96. The van der Waals surface area contributed by atoms with Gasteiger partial charge in [-0.05, 0) is 42.0 Å². The maximum atomic E-state index is 12.9. The lowest BCUT2D eigenvalue weighted by Crippen LogP contribution is -2.32. The molecule has 0 unspecified atom stereocenters. The first-order valence-electron chi connectivity index (χ1n) is 8.44. The van der Waals surface area contributed by atoms with Crippen LogP contribution in [0.15, 0.2) is 54.6 Å². The Morgan fingerprint density at radius 3 is 2.32 bits per heavy atom. The van der Waals surface area contributed by atoms with Crippen molar-refractivity contribution in [1.29, 1.82) is 0 Å². The minimum absolute atomic E-state index is 0. The van der Waals surface area contributed by atoms with Gasteiger partial charge in [0, 0.05) is 24.4 Å². The standard InChI is InChI=1S/C20H26N2OS.ClH/c1-2-24-16-18-9-11-19(12-10-18)20(23)22(14-6-13-21)15-17-7-4-3-5-8-17;/h3-5,7-12H,2,6,13-16,21H2,1H3;1H. The first-order chi connectivity index (χ1) is 11.7. The topological polar surface area (TPSA) is 46.3 Å². The number of nitrogens with zero attached hydrogens (tertiary/aromatic N) is 1. The summed E-state index contributed by atoms with van der Waals surface area (Å²) in [6.07, 6.45) is 0.809. The van der Waals surface area contributed by atoms with E-state index in [1.54, 1.807) is 0 Å². The third kappa shape index (κ3) is 7.10. The molecule has 0 saturated carbocycles. The summed E-state index contributed by atoms with van der Waals surface area (Å²) >= 11 is 1.89. The zero-order valence-corrected chi connectivity index (χ0v) is 16.3. The van der Waals surface area contributed by atoms with Crippen LogP contribution < -0.4 is 5.73 Å². The largest absolute Gasteiger partial charge is 0.334 e. The van der Waals surface area contributed by atoms with E-state index in [1.807, 2.05) is 59.1 Å². The molecule has 0 aliphatic rings. The van der Waals surface area contributed by atoms with E-state index in [0.717, 1.165) is 29.1 Å². The highest BCUT2D eigenvalue weighted by atomic mass is 35.5. The Bertz CT molecular complexity index is 619. The number of nitrogens with two attached hydrogens (primary N) is 1. The first kappa shape index (κ1) is 21.6. The van der Waals surface area contributed by atoms with Gasteiger partial charge in [-0.3, -0.25) is 4.79 Å². The molecular formula is C20H27ClN2OS. The lowest BCUT2D eigenvalue weighted by molar-refractivity contribution is 0.0742. The van der Waals surface area contributed by atoms with Gasteiger partial charge >= 0.3 is 0 Å². The SMILES string of the molecule is CCSCc1ccc(C(=O)N(CCCN)Cc2ccccc2)cc1.Cl. The number of carbonyl (C=O) groups excluding carboxylic acids is 1. The Morgan fingerprint density at radius 1 is 1.04 bits per heavy atom. The van der Waals surface area contributed by atoms with Gasteiger partial charge in [0.1, 0.15) is 0 Å². The highest BCUT2D eigenvalue weighted by molar-refractivity contribution is 7.98. The molecule has 0 bridgehead atoms. The van der Waals surface area contributed by atoms with Gasteiger partial charge < -0.3 is 10.6 Å². The lowest BCUT2D eigenvalue weighted by Gasteiger charge is -2.23. The second-order valence-electron chi connectivity index (χ2n) is 5.69. The van der Waals surface area contributed by atoms with Gasteiger partial charge in [-0.1, -0.05) is 49.4 Å². The molecule has 5 heteroatoms. The van der Waals surface area contributed by atoms with Crippen molar-refractivity contribution in [1.82, 2.24) is 4.90 Å². The predicted octanol–water partition coefficient (Wildman–Crippen LogP) is 4.35. The van der Waals surface area contributed by atoms with Gasteiger partial charge in [0.25, 0.3) is 5.91 Å². The molecule has 0 fully saturated rings. The Morgan fingerprint density at radius 2 is 1.72 bits per heavy atom. The molecular weight excluding hydrogens is 352 g/mol. The third-order valence-electron chi connectivity index (χ3n) is 3.81. The zero-order valence-electron chi connectivity index (χ0n) is 14.7. The van der Waals surface area contributed by atoms with Crippen LogP contribution in [0.5, 0.6) is 0 Å². The van der Waals surface area contributed by atoms with Gasteiger partial charge in [-0.25, -0.2) is 0 Å². The molecule has 0 aliphatic heterocycles. The van der Waals surface area contributed by atoms with E-state index in [9.17, 15) is 4.79 Å². The number of hydrogen-bond acceptors (Lipinski definition) is 3. The molecule has 25 heavy (non-hydrogen) atoms. The normalized spacial score (nSPS) is 10.2. The van der Waals surface area contributed by atoms with Crippen molar-refractivity contribution in [3.63, 3.8) is 0 Å². The van der Waals surface area contributed by atoms with Gasteiger partial charge in [0.15, 0.2) is 0 Å². The minimum atomic E-state index is 0. The predicted molar refractivity (Wildman–Crippen MR) is 110 cm³/mol. The highest BCUT2D eigenvalue weighted by Gasteiger charge is 2.15. The van der Waals surface area contributed by atoms with E-state index in [4.69, 9.17) is 5.73 Å². The van der Waals surface area contributed by atoms with Crippen LogP contribution >= 0.6 is 24.2 Å². The molecule has 0 aromatic heterocycles. The van der Waals surface area contributed by atoms with Crippen molar-refractivity contribution in [2.24, 2.45) is 5.73 Å². The smallest absolute Gasteiger partial charge is 0.254 e. The van der Waals surface area contributed by atoms with Crippen LogP contribution in [0.3, 0.4) is 0 Å². The average Bonchev–Trinajstić information content (AvgIpc) is 2.64. The van der Waals surface area contributed by atoms with Gasteiger partial charge in [0.05, 0.1) is 0 Å². The Labute approximate surface area is 161 Å². The van der Waals surface area contributed by atoms with Crippen LogP contribution in [0.2, 0.25) is 0 Å². The molecule has 2 N–H and O–H groups in total. The van der Waals surface area contributed by atoms with Gasteiger partial charge in [-0.2, -0.15) is 11.8 Å². The van der Waals surface area contributed by atoms with Crippen LogP contribution in [0, 0.1) is 0 Å². The molecule has 2 rings (SSSR count). The lowest BCUT2D eigenvalue weighted by atomic mass is 10.1. The molecule has 1 amide bonds. The van der Waals surface area contributed by atoms with E-state index in [1.165, 1.54) is 5.56 Å². The highest BCUT2D eigenvalue weighted by Crippen LogP contribution is 2.15. The molecule has 0 heterocycles. The summed E-state index contributed by atoms with van der Waals surface area (Å²) in [6.45, 7) is 4.04. The van der Waals surface area contributed by atoms with E-state index in [0.29, 0.717) is 19.6 Å². The fourth-order valence-corrected chi connectivity index (χ4v) is 3.12. The monoisotopic (exact) mass is 378 g/mol. The molecule has 3 nitrogen and oxygen atoms in total. The summed E-state index contributed by atoms with van der Waals surface area (Å²) in [5, 5.41) is 0. The van der Waals surface area contributed by atoms with Crippen LogP contribution in [0.25, 0.3) is 0 Å². The van der Waals surface area contributed by atoms with Crippen LogP contribution in [-0.4, -0.2) is 29.6 Å². The number of rotatable bonds is 9. The van der Waals surface area contributed by atoms with Crippen molar-refractivity contribution in [2.45, 2.75) is 25.6 Å². The van der Waals surface area contributed by atoms with E-state index in [-0.39, 0.29) is 18.3 Å². The van der Waals surface area contributed by atoms with Crippen molar-refractivity contribution >= 4 is 30.1 Å². The number of benzene rings is 2. The summed E-state index contributed by atoms with van der Waals surface area (Å²) in [6, 6.07) is 18.1. The summed E-state index contributed by atoms with van der Waals surface area (Å²) in [4.78, 5) is 14.7. The number of hydrogen-bond donors (Lipinski definition) is 1. The van der Waals surface area contributed by atoms with Crippen molar-refractivity contribution in [2.75, 3.05) is 18.8 Å². The minimum Gasteiger partial charge on any atom is -0.334 e. The van der Waals surface area contributed by atoms with Crippen LogP contribution in [0.1, 0.15) is 34.8 Å². The third-order valence-corrected chi connectivity index (χ3v) is 4.76. The molecule has 2 aromatic carbocycles. The first-order valence-corrected chi connectivity index (χ1v) is 9.60. The van der Waals surface area contributed by atoms with Gasteiger partial charge in [-0.15, -0.1) is 12.4 Å². The maximum absolute atomic E-state index is 12.9. The Hall–Kier alpha value is -1.49. The van der Waals surface area contributed by atoms with E-state index in [2.05, 4.69) is 19.1 Å². The van der Waals surface area contributed by atoms with E-state index < -0.39 is 0 Å². The van der Waals surface area contributed by atoms with Gasteiger partial charge in [0.2, 0.25) is 0 Å². The Balaban J connectivity index is 0.00000312. The van der Waals surface area contributed by atoms with Crippen LogP contribution in [-0.2, 0) is 12.3 Å². The average molecular weight is 379 g/mol. The molecule has 0 radical (unpaired) electrons. The molecule has 0 saturated heterocycles. The molecule has 2 aromatic rings. The number of halogens is 1. The van der Waals surface area contributed by atoms with Crippen molar-refractivity contribution in [3.05, 3.63) is 71.3 Å². The number of carbonyl (C=O) groups is 1. The quantitative estimate of drug-likeness (QED) is 0.705. The molecule has 0 atom stereocenters.